The molecule has 0 aromatic heterocycles. The summed E-state index contributed by atoms with van der Waals surface area (Å²) in [5.41, 5.74) is 1.88. The molecule has 6 heteroatoms. The van der Waals surface area contributed by atoms with Crippen LogP contribution in [0.3, 0.4) is 0 Å². The van der Waals surface area contributed by atoms with E-state index in [-0.39, 0.29) is 5.91 Å². The number of carbonyl (C=O) groups is 1. The molecule has 0 bridgehead atoms. The molecule has 2 heterocycles. The lowest BCUT2D eigenvalue weighted by atomic mass is 10.1. The third kappa shape index (κ3) is 2.56. The Morgan fingerprint density at radius 2 is 2.29 bits per heavy atom. The molecule has 1 aromatic rings. The van der Waals surface area contributed by atoms with Crippen molar-refractivity contribution in [2.45, 2.75) is 0 Å². The molecule has 1 amide bonds. The minimum Gasteiger partial charge on any atom is -0.493 e. The number of benzene rings is 1. The molecule has 21 heavy (non-hydrogen) atoms. The van der Waals surface area contributed by atoms with Crippen molar-refractivity contribution >= 4 is 40.3 Å². The van der Waals surface area contributed by atoms with Gasteiger partial charge in [-0.1, -0.05) is 36.1 Å². The molecule has 0 saturated carbocycles. The molecule has 2 aliphatic rings. The number of nitrogens with zero attached hydrogens (tertiary/aromatic N) is 1. The highest BCUT2D eigenvalue weighted by atomic mass is 32.2. The largest absolute Gasteiger partial charge is 0.493 e. The Balaban J connectivity index is 1.93. The second-order valence-corrected chi connectivity index (χ2v) is 6.30. The van der Waals surface area contributed by atoms with E-state index in [2.05, 4.69) is 0 Å². The predicted octanol–water partition coefficient (Wildman–Crippen LogP) is 2.85. The number of para-hydroxylation sites is 1. The Kier molecular flexibility index (Phi) is 3.73. The van der Waals surface area contributed by atoms with E-state index in [1.807, 2.05) is 30.4 Å². The van der Waals surface area contributed by atoms with Crippen LogP contribution in [0.1, 0.15) is 5.56 Å². The zero-order valence-corrected chi connectivity index (χ0v) is 13.2. The Morgan fingerprint density at radius 1 is 1.48 bits per heavy atom. The number of thioether (sulfide) groups is 1. The molecule has 0 N–H and O–H groups in total. The molecule has 0 spiro atoms. The number of methoxy groups -OCH3 is 1. The summed E-state index contributed by atoms with van der Waals surface area (Å²) in [6.07, 6.45) is 3.84. The molecule has 1 aromatic carbocycles. The van der Waals surface area contributed by atoms with Gasteiger partial charge in [-0.25, -0.2) is 0 Å². The summed E-state index contributed by atoms with van der Waals surface area (Å²) in [7, 11) is 3.30. The van der Waals surface area contributed by atoms with Crippen molar-refractivity contribution in [2.75, 3.05) is 20.8 Å². The maximum atomic E-state index is 12.0. The zero-order chi connectivity index (χ0) is 15.0. The van der Waals surface area contributed by atoms with Gasteiger partial charge >= 0.3 is 0 Å². The first-order chi connectivity index (χ1) is 10.1. The van der Waals surface area contributed by atoms with E-state index in [1.54, 1.807) is 14.2 Å². The quantitative estimate of drug-likeness (QED) is 0.619. The van der Waals surface area contributed by atoms with Crippen molar-refractivity contribution in [3.05, 3.63) is 40.3 Å². The van der Waals surface area contributed by atoms with E-state index in [4.69, 9.17) is 21.7 Å². The minimum atomic E-state index is -0.0673. The highest BCUT2D eigenvalue weighted by Gasteiger charge is 2.29. The number of hydrogen-bond donors (Lipinski definition) is 0. The topological polar surface area (TPSA) is 38.8 Å². The molecular weight excluding hydrogens is 306 g/mol. The summed E-state index contributed by atoms with van der Waals surface area (Å²) in [6.45, 7) is 0.404. The van der Waals surface area contributed by atoms with Crippen LogP contribution in [0.5, 0.6) is 11.5 Å². The maximum Gasteiger partial charge on any atom is 0.265 e. The lowest BCUT2D eigenvalue weighted by Crippen LogP contribution is -2.22. The normalized spacial score (nSPS) is 19.4. The average molecular weight is 319 g/mol. The van der Waals surface area contributed by atoms with Crippen LogP contribution >= 0.6 is 24.0 Å². The van der Waals surface area contributed by atoms with E-state index in [0.29, 0.717) is 21.6 Å². The predicted molar refractivity (Wildman–Crippen MR) is 87.5 cm³/mol. The molecule has 3 rings (SSSR count). The molecule has 0 aliphatic carbocycles. The number of carbonyl (C=O) groups excluding carboxylic acids is 1. The van der Waals surface area contributed by atoms with Gasteiger partial charge in [0.15, 0.2) is 11.5 Å². The van der Waals surface area contributed by atoms with Gasteiger partial charge in [-0.2, -0.15) is 0 Å². The summed E-state index contributed by atoms with van der Waals surface area (Å²) in [4.78, 5) is 14.1. The Hall–Kier alpha value is -1.79. The number of rotatable bonds is 2. The van der Waals surface area contributed by atoms with Crippen molar-refractivity contribution in [1.29, 1.82) is 0 Å². The summed E-state index contributed by atoms with van der Waals surface area (Å²) in [5, 5.41) is 0. The first kappa shape index (κ1) is 14.2. The molecule has 1 fully saturated rings. The van der Waals surface area contributed by atoms with Crippen LogP contribution in [0, 0.1) is 0 Å². The van der Waals surface area contributed by atoms with Gasteiger partial charge in [0.25, 0.3) is 5.91 Å². The summed E-state index contributed by atoms with van der Waals surface area (Å²) in [5.74, 6) is 1.38. The second kappa shape index (κ2) is 5.54. The van der Waals surface area contributed by atoms with E-state index in [9.17, 15) is 4.79 Å². The van der Waals surface area contributed by atoms with Gasteiger partial charge in [0.05, 0.1) is 12.0 Å². The smallest absolute Gasteiger partial charge is 0.265 e. The number of fused-ring (bicyclic) bond motifs is 1. The van der Waals surface area contributed by atoms with E-state index in [1.165, 1.54) is 16.7 Å². The fraction of sp³-hybridized carbons (Fsp3) is 0.200. The molecule has 0 atom stereocenters. The highest BCUT2D eigenvalue weighted by Crippen LogP contribution is 2.37. The van der Waals surface area contributed by atoms with Crippen molar-refractivity contribution < 1.29 is 14.3 Å². The van der Waals surface area contributed by atoms with Gasteiger partial charge in [0.1, 0.15) is 10.9 Å². The van der Waals surface area contributed by atoms with E-state index < -0.39 is 0 Å². The Morgan fingerprint density at radius 3 is 2.95 bits per heavy atom. The molecular formula is C15H13NO3S2. The van der Waals surface area contributed by atoms with Crippen molar-refractivity contribution in [1.82, 2.24) is 4.90 Å². The maximum absolute atomic E-state index is 12.0. The van der Waals surface area contributed by atoms with Gasteiger partial charge in [0, 0.05) is 12.6 Å². The van der Waals surface area contributed by atoms with Crippen molar-refractivity contribution in [3.63, 3.8) is 0 Å². The van der Waals surface area contributed by atoms with Crippen molar-refractivity contribution in [2.24, 2.45) is 0 Å². The minimum absolute atomic E-state index is 0.0673. The van der Waals surface area contributed by atoms with Crippen LogP contribution in [0.15, 0.2) is 34.8 Å². The molecule has 108 valence electrons. The van der Waals surface area contributed by atoms with E-state index >= 15 is 0 Å². The molecule has 0 unspecified atom stereocenters. The van der Waals surface area contributed by atoms with Crippen LogP contribution in [0.4, 0.5) is 0 Å². The first-order valence-corrected chi connectivity index (χ1v) is 7.54. The van der Waals surface area contributed by atoms with E-state index in [0.717, 1.165) is 16.9 Å². The molecule has 1 saturated heterocycles. The second-order valence-electron chi connectivity index (χ2n) is 4.63. The zero-order valence-electron chi connectivity index (χ0n) is 11.6. The number of thiocarbonyl (C=S) groups is 1. The monoisotopic (exact) mass is 319 g/mol. The van der Waals surface area contributed by atoms with Crippen LogP contribution in [0.2, 0.25) is 0 Å². The van der Waals surface area contributed by atoms with Gasteiger partial charge in [-0.05, 0) is 23.8 Å². The SMILES string of the molecule is COc1cccc2c1OCC(/C=C1\SC(=S)N(C)C1=O)=C2. The van der Waals surface area contributed by atoms with Gasteiger partial charge in [0.2, 0.25) is 0 Å². The fourth-order valence-corrected chi connectivity index (χ4v) is 3.35. The molecule has 2 aliphatic heterocycles. The van der Waals surface area contributed by atoms with Gasteiger partial charge < -0.3 is 9.47 Å². The molecule has 4 nitrogen and oxygen atoms in total. The summed E-state index contributed by atoms with van der Waals surface area (Å²) < 4.78 is 11.6. The van der Waals surface area contributed by atoms with Crippen LogP contribution in [0.25, 0.3) is 6.08 Å². The van der Waals surface area contributed by atoms with Gasteiger partial charge in [-0.15, -0.1) is 0 Å². The highest BCUT2D eigenvalue weighted by molar-refractivity contribution is 8.26. The number of hydrogen-bond acceptors (Lipinski definition) is 5. The lowest BCUT2D eigenvalue weighted by Gasteiger charge is -2.18. The summed E-state index contributed by atoms with van der Waals surface area (Å²) in [6, 6.07) is 5.72. The Bertz CT molecular complexity index is 694. The number of ether oxygens (including phenoxy) is 2. The van der Waals surface area contributed by atoms with Crippen LogP contribution < -0.4 is 9.47 Å². The van der Waals surface area contributed by atoms with Gasteiger partial charge in [-0.3, -0.25) is 9.69 Å². The lowest BCUT2D eigenvalue weighted by molar-refractivity contribution is -0.121. The van der Waals surface area contributed by atoms with Crippen LogP contribution in [-0.2, 0) is 4.79 Å². The summed E-state index contributed by atoms with van der Waals surface area (Å²) >= 11 is 6.43. The average Bonchev–Trinajstić information content (AvgIpc) is 2.73. The fourth-order valence-electron chi connectivity index (χ4n) is 2.16. The van der Waals surface area contributed by atoms with Crippen LogP contribution in [-0.4, -0.2) is 35.9 Å². The first-order valence-electron chi connectivity index (χ1n) is 6.32. The standard InChI is InChI=1S/C15H13NO3S2/c1-16-14(17)12(21-15(16)20)7-9-6-10-4-3-5-11(18-2)13(10)19-8-9/h3-7H,8H2,1-2H3/b12-7-. The third-order valence-corrected chi connectivity index (χ3v) is 4.74. The Labute approximate surface area is 132 Å². The van der Waals surface area contributed by atoms with Crippen molar-refractivity contribution in [3.8, 4) is 11.5 Å². The number of amides is 1. The number of likely N-dealkylation sites (N-methyl/N-ethyl adjacent to an activating group) is 1. The molecule has 0 radical (unpaired) electrons. The third-order valence-electron chi connectivity index (χ3n) is 3.26.